The summed E-state index contributed by atoms with van der Waals surface area (Å²) < 4.78 is 1.97. The summed E-state index contributed by atoms with van der Waals surface area (Å²) >= 11 is 0. The van der Waals surface area contributed by atoms with Gasteiger partial charge in [0.2, 0.25) is 0 Å². The molecule has 0 radical (unpaired) electrons. The Hall–Kier alpha value is -2.15. The lowest BCUT2D eigenvalue weighted by Gasteiger charge is -2.28. The van der Waals surface area contributed by atoms with Crippen molar-refractivity contribution in [2.75, 3.05) is 25.5 Å². The summed E-state index contributed by atoms with van der Waals surface area (Å²) in [6.07, 6.45) is 8.19. The van der Waals surface area contributed by atoms with Crippen molar-refractivity contribution in [1.29, 1.82) is 0 Å². The van der Waals surface area contributed by atoms with Gasteiger partial charge in [-0.05, 0) is 51.9 Å². The molecule has 122 valence electrons. The number of anilines is 1. The molecule has 0 bridgehead atoms. The Morgan fingerprint density at radius 1 is 1.30 bits per heavy atom. The molecule has 0 aromatic carbocycles. The summed E-state index contributed by atoms with van der Waals surface area (Å²) in [5.74, 6) is 0.382. The fourth-order valence-electron chi connectivity index (χ4n) is 3.11. The average molecular weight is 314 g/mol. The van der Waals surface area contributed by atoms with Crippen LogP contribution in [0.25, 0.3) is 0 Å². The molecule has 7 heteroatoms. The van der Waals surface area contributed by atoms with Crippen LogP contribution in [0.3, 0.4) is 0 Å². The lowest BCUT2D eigenvalue weighted by Crippen LogP contribution is -2.31. The Kier molecular flexibility index (Phi) is 3.65. The molecular formula is C16H22N6O. The van der Waals surface area contributed by atoms with Crippen LogP contribution >= 0.6 is 0 Å². The molecule has 7 nitrogen and oxygen atoms in total. The molecule has 0 atom stereocenters. The predicted molar refractivity (Wildman–Crippen MR) is 86.5 cm³/mol. The number of likely N-dealkylation sites (tertiary alicyclic amines) is 1. The van der Waals surface area contributed by atoms with Crippen molar-refractivity contribution >= 4 is 11.6 Å². The minimum atomic E-state index is -0.184. The first-order valence-electron chi connectivity index (χ1n) is 8.28. The molecule has 2 fully saturated rings. The van der Waals surface area contributed by atoms with E-state index in [1.165, 1.54) is 12.8 Å². The Balaban J connectivity index is 1.39. The predicted octanol–water partition coefficient (Wildman–Crippen LogP) is 2.00. The van der Waals surface area contributed by atoms with Crippen molar-refractivity contribution in [3.63, 3.8) is 0 Å². The van der Waals surface area contributed by atoms with Crippen molar-refractivity contribution in [3.05, 3.63) is 29.8 Å². The summed E-state index contributed by atoms with van der Waals surface area (Å²) in [6, 6.07) is 2.28. The van der Waals surface area contributed by atoms with Gasteiger partial charge in [-0.25, -0.2) is 0 Å². The van der Waals surface area contributed by atoms with Gasteiger partial charge in [0.1, 0.15) is 0 Å². The molecule has 2 aliphatic rings. The standard InChI is InChI=1S/C16H22N6O/c1-21-6-4-13(5-7-21)22-10-12(9-17-22)18-16(23)15-8-14(19-20-15)11-2-3-11/h8-11,13H,2-7H2,1H3,(H,18,23)(H,19,20). The molecule has 0 spiro atoms. The summed E-state index contributed by atoms with van der Waals surface area (Å²) in [5, 5.41) is 14.4. The van der Waals surface area contributed by atoms with E-state index in [9.17, 15) is 4.79 Å². The second-order valence-corrected chi connectivity index (χ2v) is 6.68. The van der Waals surface area contributed by atoms with E-state index in [0.717, 1.165) is 37.3 Å². The van der Waals surface area contributed by atoms with Crippen LogP contribution in [0.5, 0.6) is 0 Å². The van der Waals surface area contributed by atoms with Gasteiger partial charge in [-0.15, -0.1) is 0 Å². The Labute approximate surface area is 135 Å². The highest BCUT2D eigenvalue weighted by Gasteiger charge is 2.26. The number of aromatic amines is 1. The molecule has 2 aromatic rings. The number of hydrogen-bond acceptors (Lipinski definition) is 4. The van der Waals surface area contributed by atoms with Gasteiger partial charge >= 0.3 is 0 Å². The van der Waals surface area contributed by atoms with Crippen LogP contribution < -0.4 is 5.32 Å². The van der Waals surface area contributed by atoms with Crippen molar-refractivity contribution in [2.45, 2.75) is 37.6 Å². The van der Waals surface area contributed by atoms with E-state index in [-0.39, 0.29) is 5.91 Å². The van der Waals surface area contributed by atoms with Crippen LogP contribution in [0.2, 0.25) is 0 Å². The van der Waals surface area contributed by atoms with E-state index in [0.29, 0.717) is 17.7 Å². The number of carbonyl (C=O) groups excluding carboxylic acids is 1. The number of amides is 1. The number of hydrogen-bond donors (Lipinski definition) is 2. The van der Waals surface area contributed by atoms with Crippen molar-refractivity contribution in [3.8, 4) is 0 Å². The zero-order valence-electron chi connectivity index (χ0n) is 13.3. The fraction of sp³-hybridized carbons (Fsp3) is 0.562. The van der Waals surface area contributed by atoms with E-state index < -0.39 is 0 Å². The number of nitrogens with zero attached hydrogens (tertiary/aromatic N) is 4. The summed E-state index contributed by atoms with van der Waals surface area (Å²) in [4.78, 5) is 14.6. The second kappa shape index (κ2) is 5.81. The van der Waals surface area contributed by atoms with Crippen LogP contribution in [0.1, 0.15) is 53.8 Å². The molecular weight excluding hydrogens is 292 g/mol. The molecule has 2 N–H and O–H groups in total. The first-order valence-corrected chi connectivity index (χ1v) is 8.28. The van der Waals surface area contributed by atoms with Gasteiger partial charge in [-0.2, -0.15) is 10.2 Å². The number of aromatic nitrogens is 4. The molecule has 0 unspecified atom stereocenters. The molecule has 3 heterocycles. The Bertz CT molecular complexity index is 693. The van der Waals surface area contributed by atoms with Crippen molar-refractivity contribution < 1.29 is 4.79 Å². The van der Waals surface area contributed by atoms with Crippen LogP contribution in [0.15, 0.2) is 18.5 Å². The number of nitrogens with one attached hydrogen (secondary N) is 2. The average Bonchev–Trinajstić information content (AvgIpc) is 3.10. The number of piperidine rings is 1. The zero-order chi connectivity index (χ0) is 15.8. The summed E-state index contributed by atoms with van der Waals surface area (Å²) in [7, 11) is 2.14. The molecule has 1 amide bonds. The van der Waals surface area contributed by atoms with E-state index in [4.69, 9.17) is 0 Å². The minimum Gasteiger partial charge on any atom is -0.318 e. The smallest absolute Gasteiger partial charge is 0.276 e. The molecule has 1 aliphatic heterocycles. The lowest BCUT2D eigenvalue weighted by atomic mass is 10.1. The Morgan fingerprint density at radius 3 is 2.83 bits per heavy atom. The highest BCUT2D eigenvalue weighted by molar-refractivity contribution is 6.02. The summed E-state index contributed by atoms with van der Waals surface area (Å²) in [5.41, 5.74) is 2.24. The van der Waals surface area contributed by atoms with Crippen LogP contribution in [-0.2, 0) is 0 Å². The maximum absolute atomic E-state index is 12.3. The zero-order valence-corrected chi connectivity index (χ0v) is 13.3. The number of H-pyrrole nitrogens is 1. The first-order chi connectivity index (χ1) is 11.2. The largest absolute Gasteiger partial charge is 0.318 e. The second-order valence-electron chi connectivity index (χ2n) is 6.68. The van der Waals surface area contributed by atoms with Crippen LogP contribution in [0.4, 0.5) is 5.69 Å². The van der Waals surface area contributed by atoms with Gasteiger partial charge in [0.15, 0.2) is 5.69 Å². The summed E-state index contributed by atoms with van der Waals surface area (Å²) in [6.45, 7) is 2.17. The lowest BCUT2D eigenvalue weighted by molar-refractivity contribution is 0.102. The molecule has 4 rings (SSSR count). The molecule has 23 heavy (non-hydrogen) atoms. The van der Waals surface area contributed by atoms with Gasteiger partial charge in [0.25, 0.3) is 5.91 Å². The van der Waals surface area contributed by atoms with Gasteiger partial charge in [-0.1, -0.05) is 0 Å². The van der Waals surface area contributed by atoms with E-state index in [1.54, 1.807) is 6.20 Å². The van der Waals surface area contributed by atoms with Crippen LogP contribution in [-0.4, -0.2) is 50.9 Å². The Morgan fingerprint density at radius 2 is 2.09 bits per heavy atom. The van der Waals surface area contributed by atoms with Crippen molar-refractivity contribution in [1.82, 2.24) is 24.9 Å². The maximum atomic E-state index is 12.3. The van der Waals surface area contributed by atoms with Crippen molar-refractivity contribution in [2.24, 2.45) is 0 Å². The van der Waals surface area contributed by atoms with Crippen LogP contribution in [0, 0.1) is 0 Å². The monoisotopic (exact) mass is 314 g/mol. The SMILES string of the molecule is CN1CCC(n2cc(NC(=O)c3cc(C4CC4)[nH]n3)cn2)CC1. The quantitative estimate of drug-likeness (QED) is 0.905. The minimum absolute atomic E-state index is 0.184. The fourth-order valence-corrected chi connectivity index (χ4v) is 3.11. The van der Waals surface area contributed by atoms with E-state index in [1.807, 2.05) is 16.9 Å². The highest BCUT2D eigenvalue weighted by Crippen LogP contribution is 2.39. The van der Waals surface area contributed by atoms with Gasteiger partial charge < -0.3 is 10.2 Å². The third kappa shape index (κ3) is 3.14. The maximum Gasteiger partial charge on any atom is 0.276 e. The van der Waals surface area contributed by atoms with Gasteiger partial charge in [0, 0.05) is 17.8 Å². The molecule has 2 aromatic heterocycles. The number of rotatable bonds is 4. The molecule has 1 aliphatic carbocycles. The third-order valence-electron chi connectivity index (χ3n) is 4.77. The molecule has 1 saturated carbocycles. The first kappa shape index (κ1) is 14.4. The number of carbonyl (C=O) groups is 1. The topological polar surface area (TPSA) is 78.8 Å². The van der Waals surface area contributed by atoms with E-state index in [2.05, 4.69) is 32.6 Å². The molecule has 1 saturated heterocycles. The normalized spacial score (nSPS) is 19.9. The van der Waals surface area contributed by atoms with E-state index >= 15 is 0 Å². The van der Waals surface area contributed by atoms with Gasteiger partial charge in [0.05, 0.1) is 17.9 Å². The van der Waals surface area contributed by atoms with Gasteiger partial charge in [-0.3, -0.25) is 14.6 Å². The highest BCUT2D eigenvalue weighted by atomic mass is 16.1. The third-order valence-corrected chi connectivity index (χ3v) is 4.77.